The Kier molecular flexibility index (Phi) is 4.17. The van der Waals surface area contributed by atoms with Crippen LogP contribution in [-0.4, -0.2) is 25.8 Å². The number of methoxy groups -OCH3 is 1. The number of ether oxygens (including phenoxy) is 1. The van der Waals surface area contributed by atoms with Crippen LogP contribution in [0.1, 0.15) is 21.9 Å². The number of furan rings is 1. The van der Waals surface area contributed by atoms with Crippen molar-refractivity contribution < 1.29 is 27.1 Å². The van der Waals surface area contributed by atoms with Gasteiger partial charge in [0.15, 0.2) is 0 Å². The summed E-state index contributed by atoms with van der Waals surface area (Å²) in [5.74, 6) is 0.00105. The van der Waals surface area contributed by atoms with E-state index < -0.39 is 18.7 Å². The number of carbonyl (C=O) groups is 1. The Morgan fingerprint density at radius 1 is 1.53 bits per heavy atom. The first-order chi connectivity index (χ1) is 7.83. The van der Waals surface area contributed by atoms with E-state index in [1.54, 1.807) is 6.92 Å². The normalized spacial score (nSPS) is 11.6. The second-order valence-corrected chi connectivity index (χ2v) is 3.39. The molecule has 0 aromatic carbocycles. The van der Waals surface area contributed by atoms with Crippen molar-refractivity contribution in [3.05, 3.63) is 23.2 Å². The Morgan fingerprint density at radius 3 is 2.71 bits per heavy atom. The van der Waals surface area contributed by atoms with Crippen LogP contribution in [0.3, 0.4) is 0 Å². The second-order valence-electron chi connectivity index (χ2n) is 3.39. The van der Waals surface area contributed by atoms with E-state index in [0.29, 0.717) is 5.76 Å². The highest BCUT2D eigenvalue weighted by atomic mass is 19.4. The maximum absolute atomic E-state index is 11.9. The fourth-order valence-corrected chi connectivity index (χ4v) is 1.27. The number of esters is 1. The van der Waals surface area contributed by atoms with E-state index in [1.165, 1.54) is 13.2 Å². The molecule has 0 saturated heterocycles. The summed E-state index contributed by atoms with van der Waals surface area (Å²) in [6.45, 7) is 0.331. The number of carbonyl (C=O) groups excluding carboxylic acids is 1. The average molecular weight is 251 g/mol. The highest BCUT2D eigenvalue weighted by Crippen LogP contribution is 2.16. The third kappa shape index (κ3) is 4.10. The number of alkyl halides is 3. The van der Waals surface area contributed by atoms with Crippen molar-refractivity contribution in [2.75, 3.05) is 13.7 Å². The smallest absolute Gasteiger partial charge is 0.401 e. The predicted molar refractivity (Wildman–Crippen MR) is 52.5 cm³/mol. The zero-order chi connectivity index (χ0) is 13.1. The van der Waals surface area contributed by atoms with Crippen LogP contribution in [0, 0.1) is 6.92 Å². The molecule has 0 saturated carbocycles. The molecular weight excluding hydrogens is 239 g/mol. The molecular formula is C10H12F3NO3. The number of hydrogen-bond acceptors (Lipinski definition) is 4. The van der Waals surface area contributed by atoms with E-state index in [1.807, 2.05) is 0 Å². The van der Waals surface area contributed by atoms with Gasteiger partial charge in [0.05, 0.1) is 20.2 Å². The molecule has 1 N–H and O–H groups in total. The van der Waals surface area contributed by atoms with E-state index in [4.69, 9.17) is 4.42 Å². The van der Waals surface area contributed by atoms with Gasteiger partial charge in [-0.2, -0.15) is 13.2 Å². The van der Waals surface area contributed by atoms with Crippen LogP contribution in [0.4, 0.5) is 13.2 Å². The first-order valence-electron chi connectivity index (χ1n) is 4.78. The molecule has 0 aliphatic rings. The Labute approximate surface area is 95.7 Å². The topological polar surface area (TPSA) is 51.5 Å². The molecule has 0 aliphatic carbocycles. The van der Waals surface area contributed by atoms with Crippen LogP contribution in [0.25, 0.3) is 0 Å². The fourth-order valence-electron chi connectivity index (χ4n) is 1.27. The van der Waals surface area contributed by atoms with Gasteiger partial charge in [-0.1, -0.05) is 0 Å². The molecule has 4 nitrogen and oxygen atoms in total. The summed E-state index contributed by atoms with van der Waals surface area (Å²) in [4.78, 5) is 11.2. The van der Waals surface area contributed by atoms with Gasteiger partial charge in [0.1, 0.15) is 17.1 Å². The summed E-state index contributed by atoms with van der Waals surface area (Å²) >= 11 is 0. The molecule has 1 rings (SSSR count). The minimum absolute atomic E-state index is 0.0999. The SMILES string of the molecule is COC(=O)c1cc(CNCC(F)(F)F)oc1C. The summed E-state index contributed by atoms with van der Waals surface area (Å²) in [6.07, 6.45) is -4.27. The van der Waals surface area contributed by atoms with Gasteiger partial charge in [0.2, 0.25) is 0 Å². The van der Waals surface area contributed by atoms with Crippen molar-refractivity contribution in [1.29, 1.82) is 0 Å². The van der Waals surface area contributed by atoms with Crippen molar-refractivity contribution in [3.63, 3.8) is 0 Å². The third-order valence-corrected chi connectivity index (χ3v) is 2.00. The molecule has 96 valence electrons. The summed E-state index contributed by atoms with van der Waals surface area (Å²) in [7, 11) is 1.22. The first kappa shape index (κ1) is 13.6. The zero-order valence-electron chi connectivity index (χ0n) is 9.35. The van der Waals surface area contributed by atoms with Crippen LogP contribution >= 0.6 is 0 Å². The lowest BCUT2D eigenvalue weighted by Gasteiger charge is -2.05. The molecule has 0 aliphatic heterocycles. The van der Waals surface area contributed by atoms with Crippen LogP contribution in [0.15, 0.2) is 10.5 Å². The van der Waals surface area contributed by atoms with Crippen LogP contribution in [0.5, 0.6) is 0 Å². The molecule has 0 atom stereocenters. The quantitative estimate of drug-likeness (QED) is 0.832. The number of halogens is 3. The number of nitrogens with one attached hydrogen (secondary N) is 1. The van der Waals surface area contributed by atoms with Gasteiger partial charge in [0.25, 0.3) is 0 Å². The molecule has 0 spiro atoms. The molecule has 1 aromatic heterocycles. The highest BCUT2D eigenvalue weighted by molar-refractivity contribution is 5.90. The van der Waals surface area contributed by atoms with E-state index in [9.17, 15) is 18.0 Å². The number of aryl methyl sites for hydroxylation is 1. The summed E-state index contributed by atoms with van der Waals surface area (Å²) < 4.78 is 45.2. The largest absolute Gasteiger partial charge is 0.465 e. The Hall–Kier alpha value is -1.50. The Morgan fingerprint density at radius 2 is 2.18 bits per heavy atom. The zero-order valence-corrected chi connectivity index (χ0v) is 9.35. The van der Waals surface area contributed by atoms with E-state index >= 15 is 0 Å². The minimum Gasteiger partial charge on any atom is -0.465 e. The van der Waals surface area contributed by atoms with Crippen molar-refractivity contribution in [2.45, 2.75) is 19.6 Å². The van der Waals surface area contributed by atoms with Gasteiger partial charge < -0.3 is 14.5 Å². The van der Waals surface area contributed by atoms with Gasteiger partial charge in [0, 0.05) is 0 Å². The van der Waals surface area contributed by atoms with Crippen molar-refractivity contribution in [3.8, 4) is 0 Å². The lowest BCUT2D eigenvalue weighted by atomic mass is 10.2. The summed E-state index contributed by atoms with van der Waals surface area (Å²) in [5.41, 5.74) is 0.219. The van der Waals surface area contributed by atoms with Crippen LogP contribution < -0.4 is 5.32 Å². The van der Waals surface area contributed by atoms with E-state index in [-0.39, 0.29) is 17.9 Å². The predicted octanol–water partition coefficient (Wildman–Crippen LogP) is 2.03. The molecule has 0 unspecified atom stereocenters. The lowest BCUT2D eigenvalue weighted by Crippen LogP contribution is -2.28. The van der Waals surface area contributed by atoms with Crippen molar-refractivity contribution in [2.24, 2.45) is 0 Å². The molecule has 0 radical (unpaired) electrons. The summed E-state index contributed by atoms with van der Waals surface area (Å²) in [6, 6.07) is 1.37. The van der Waals surface area contributed by atoms with Crippen LogP contribution in [0.2, 0.25) is 0 Å². The van der Waals surface area contributed by atoms with E-state index in [0.717, 1.165) is 0 Å². The molecule has 1 aromatic rings. The third-order valence-electron chi connectivity index (χ3n) is 2.00. The number of rotatable bonds is 4. The molecule has 0 bridgehead atoms. The standard InChI is InChI=1S/C10H12F3NO3/c1-6-8(9(15)16-2)3-7(17-6)4-14-5-10(11,12)13/h3,14H,4-5H2,1-2H3. The van der Waals surface area contributed by atoms with E-state index in [2.05, 4.69) is 10.1 Å². The van der Waals surface area contributed by atoms with Crippen molar-refractivity contribution in [1.82, 2.24) is 5.32 Å². The van der Waals surface area contributed by atoms with Gasteiger partial charge in [-0.3, -0.25) is 0 Å². The monoisotopic (exact) mass is 251 g/mol. The lowest BCUT2D eigenvalue weighted by molar-refractivity contribution is -0.125. The molecule has 1 heterocycles. The molecule has 0 amide bonds. The fraction of sp³-hybridized carbons (Fsp3) is 0.500. The maximum Gasteiger partial charge on any atom is 0.401 e. The van der Waals surface area contributed by atoms with Gasteiger partial charge in [-0.05, 0) is 13.0 Å². The maximum atomic E-state index is 11.9. The molecule has 7 heteroatoms. The first-order valence-corrected chi connectivity index (χ1v) is 4.78. The Balaban J connectivity index is 2.59. The minimum atomic E-state index is -4.27. The van der Waals surface area contributed by atoms with Gasteiger partial charge >= 0.3 is 12.1 Å². The second kappa shape index (κ2) is 5.22. The van der Waals surface area contributed by atoms with Crippen molar-refractivity contribution >= 4 is 5.97 Å². The molecule has 0 fully saturated rings. The summed E-state index contributed by atoms with van der Waals surface area (Å²) in [5, 5.41) is 2.17. The van der Waals surface area contributed by atoms with Gasteiger partial charge in [-0.25, -0.2) is 4.79 Å². The Bertz CT molecular complexity index is 398. The average Bonchev–Trinajstić information content (AvgIpc) is 2.57. The van der Waals surface area contributed by atoms with Crippen LogP contribution in [-0.2, 0) is 11.3 Å². The number of hydrogen-bond donors (Lipinski definition) is 1. The molecule has 17 heavy (non-hydrogen) atoms. The highest BCUT2D eigenvalue weighted by Gasteiger charge is 2.26. The van der Waals surface area contributed by atoms with Gasteiger partial charge in [-0.15, -0.1) is 0 Å².